The fourth-order valence-corrected chi connectivity index (χ4v) is 5.91. The van der Waals surface area contributed by atoms with Crippen molar-refractivity contribution in [2.75, 3.05) is 32.7 Å². The lowest BCUT2D eigenvalue weighted by molar-refractivity contribution is 0.0931. The SMILES string of the molecule is CCN(CC)C(CNC(=O)c1ccccc1S(=O)(=O)N1CCCCC1)c1ccccc1. The van der Waals surface area contributed by atoms with Crippen molar-refractivity contribution in [2.45, 2.75) is 44.0 Å². The Morgan fingerprint density at radius 1 is 0.968 bits per heavy atom. The van der Waals surface area contributed by atoms with Gasteiger partial charge in [-0.05, 0) is 43.6 Å². The third-order valence-corrected chi connectivity index (χ3v) is 7.91. The Balaban J connectivity index is 1.82. The van der Waals surface area contributed by atoms with Gasteiger partial charge in [0, 0.05) is 19.6 Å². The number of hydrogen-bond donors (Lipinski definition) is 1. The van der Waals surface area contributed by atoms with Gasteiger partial charge in [0.15, 0.2) is 0 Å². The van der Waals surface area contributed by atoms with E-state index >= 15 is 0 Å². The number of rotatable bonds is 9. The maximum Gasteiger partial charge on any atom is 0.252 e. The van der Waals surface area contributed by atoms with E-state index in [9.17, 15) is 13.2 Å². The zero-order valence-electron chi connectivity index (χ0n) is 18.5. The minimum Gasteiger partial charge on any atom is -0.350 e. The number of nitrogens with one attached hydrogen (secondary N) is 1. The molecule has 1 atom stereocenters. The number of benzene rings is 2. The summed E-state index contributed by atoms with van der Waals surface area (Å²) in [6.07, 6.45) is 2.76. The number of amides is 1. The standard InChI is InChI=1S/C24H33N3O3S/c1-3-26(4-2)22(20-13-7-5-8-14-20)19-25-24(28)21-15-9-10-16-23(21)31(29,30)27-17-11-6-12-18-27/h5,7-10,13-16,22H,3-4,6,11-12,17-19H2,1-2H3,(H,25,28). The Morgan fingerprint density at radius 3 is 2.23 bits per heavy atom. The smallest absolute Gasteiger partial charge is 0.252 e. The van der Waals surface area contributed by atoms with Crippen molar-refractivity contribution >= 4 is 15.9 Å². The Labute approximate surface area is 186 Å². The molecule has 1 aliphatic rings. The van der Waals surface area contributed by atoms with Gasteiger partial charge >= 0.3 is 0 Å². The largest absolute Gasteiger partial charge is 0.350 e. The van der Waals surface area contributed by atoms with E-state index in [0.29, 0.717) is 19.6 Å². The first-order valence-electron chi connectivity index (χ1n) is 11.1. The molecule has 168 valence electrons. The van der Waals surface area contributed by atoms with Crippen LogP contribution in [0.4, 0.5) is 0 Å². The molecule has 3 rings (SSSR count). The van der Waals surface area contributed by atoms with Gasteiger partial charge in [-0.1, -0.05) is 62.7 Å². The predicted octanol–water partition coefficient (Wildman–Crippen LogP) is 3.67. The van der Waals surface area contributed by atoms with Crippen LogP contribution in [0.15, 0.2) is 59.5 Å². The number of carbonyl (C=O) groups excluding carboxylic acids is 1. The Hall–Kier alpha value is -2.22. The summed E-state index contributed by atoms with van der Waals surface area (Å²) in [5, 5.41) is 3.00. The molecule has 7 heteroatoms. The molecular weight excluding hydrogens is 410 g/mol. The number of piperidine rings is 1. The first kappa shape index (κ1) is 23.4. The van der Waals surface area contributed by atoms with Gasteiger partial charge in [0.05, 0.1) is 16.5 Å². The van der Waals surface area contributed by atoms with Gasteiger partial charge < -0.3 is 5.32 Å². The molecule has 2 aromatic carbocycles. The van der Waals surface area contributed by atoms with Gasteiger partial charge in [0.1, 0.15) is 0 Å². The van der Waals surface area contributed by atoms with E-state index in [1.54, 1.807) is 18.2 Å². The highest BCUT2D eigenvalue weighted by Gasteiger charge is 2.30. The van der Waals surface area contributed by atoms with Crippen molar-refractivity contribution in [3.63, 3.8) is 0 Å². The second-order valence-corrected chi connectivity index (χ2v) is 9.72. The number of carbonyl (C=O) groups is 1. The molecule has 2 aromatic rings. The fourth-order valence-electron chi connectivity index (χ4n) is 4.21. The van der Waals surface area contributed by atoms with Gasteiger partial charge in [0.2, 0.25) is 10.0 Å². The van der Waals surface area contributed by atoms with Crippen LogP contribution in [-0.4, -0.2) is 56.3 Å². The van der Waals surface area contributed by atoms with Gasteiger partial charge in [-0.2, -0.15) is 4.31 Å². The summed E-state index contributed by atoms with van der Waals surface area (Å²) in [4.78, 5) is 15.5. The zero-order chi connectivity index (χ0) is 22.3. The molecule has 1 N–H and O–H groups in total. The van der Waals surface area contributed by atoms with E-state index in [0.717, 1.165) is 37.9 Å². The molecule has 1 saturated heterocycles. The quantitative estimate of drug-likeness (QED) is 0.642. The maximum absolute atomic E-state index is 13.2. The van der Waals surface area contributed by atoms with E-state index in [2.05, 4.69) is 36.2 Å². The van der Waals surface area contributed by atoms with E-state index in [4.69, 9.17) is 0 Å². The fraction of sp³-hybridized carbons (Fsp3) is 0.458. The van der Waals surface area contributed by atoms with E-state index in [1.165, 1.54) is 10.4 Å². The van der Waals surface area contributed by atoms with Crippen molar-refractivity contribution in [3.8, 4) is 0 Å². The topological polar surface area (TPSA) is 69.7 Å². The summed E-state index contributed by atoms with van der Waals surface area (Å²) in [5.74, 6) is -0.357. The minimum absolute atomic E-state index is 0.0195. The van der Waals surface area contributed by atoms with E-state index < -0.39 is 10.0 Å². The Bertz CT molecular complexity index is 953. The molecule has 0 bridgehead atoms. The molecule has 1 fully saturated rings. The first-order chi connectivity index (χ1) is 15.0. The normalized spacial score (nSPS) is 16.2. The van der Waals surface area contributed by atoms with Gasteiger partial charge in [-0.25, -0.2) is 8.42 Å². The maximum atomic E-state index is 13.2. The molecule has 1 heterocycles. The molecule has 1 amide bonds. The predicted molar refractivity (Wildman–Crippen MR) is 123 cm³/mol. The molecule has 31 heavy (non-hydrogen) atoms. The van der Waals surface area contributed by atoms with Crippen molar-refractivity contribution < 1.29 is 13.2 Å². The molecular formula is C24H33N3O3S. The number of hydrogen-bond acceptors (Lipinski definition) is 4. The average molecular weight is 444 g/mol. The molecule has 1 aliphatic heterocycles. The van der Waals surface area contributed by atoms with Crippen LogP contribution in [0.5, 0.6) is 0 Å². The highest BCUT2D eigenvalue weighted by Crippen LogP contribution is 2.24. The number of sulfonamides is 1. The zero-order valence-corrected chi connectivity index (χ0v) is 19.3. The summed E-state index contributed by atoms with van der Waals surface area (Å²) in [5.41, 5.74) is 1.33. The lowest BCUT2D eigenvalue weighted by Crippen LogP contribution is -2.39. The monoisotopic (exact) mass is 443 g/mol. The van der Waals surface area contributed by atoms with Crippen LogP contribution < -0.4 is 5.32 Å². The van der Waals surface area contributed by atoms with Crippen LogP contribution in [0.1, 0.15) is 55.1 Å². The third kappa shape index (κ3) is 5.53. The van der Waals surface area contributed by atoms with Crippen LogP contribution in [0, 0.1) is 0 Å². The lowest BCUT2D eigenvalue weighted by Gasteiger charge is -2.30. The summed E-state index contributed by atoms with van der Waals surface area (Å²) in [6.45, 7) is 7.33. The molecule has 0 radical (unpaired) electrons. The van der Waals surface area contributed by atoms with Crippen LogP contribution in [0.2, 0.25) is 0 Å². The van der Waals surface area contributed by atoms with Gasteiger partial charge in [-0.15, -0.1) is 0 Å². The van der Waals surface area contributed by atoms with Crippen LogP contribution in [0.25, 0.3) is 0 Å². The lowest BCUT2D eigenvalue weighted by atomic mass is 10.0. The highest BCUT2D eigenvalue weighted by molar-refractivity contribution is 7.89. The summed E-state index contributed by atoms with van der Waals surface area (Å²) < 4.78 is 27.9. The second kappa shape index (κ2) is 10.9. The van der Waals surface area contributed by atoms with Crippen molar-refractivity contribution in [1.82, 2.24) is 14.5 Å². The molecule has 6 nitrogen and oxygen atoms in total. The first-order valence-corrected chi connectivity index (χ1v) is 12.6. The molecule has 0 aromatic heterocycles. The summed E-state index contributed by atoms with van der Waals surface area (Å²) in [6, 6.07) is 16.6. The molecule has 0 saturated carbocycles. The van der Waals surface area contributed by atoms with Crippen LogP contribution in [-0.2, 0) is 10.0 Å². The molecule has 1 unspecified atom stereocenters. The van der Waals surface area contributed by atoms with Crippen molar-refractivity contribution in [2.24, 2.45) is 0 Å². The molecule has 0 aliphatic carbocycles. The van der Waals surface area contributed by atoms with E-state index in [-0.39, 0.29) is 22.4 Å². The summed E-state index contributed by atoms with van der Waals surface area (Å²) >= 11 is 0. The van der Waals surface area contributed by atoms with Gasteiger partial charge in [0.25, 0.3) is 5.91 Å². The van der Waals surface area contributed by atoms with Crippen LogP contribution >= 0.6 is 0 Å². The third-order valence-electron chi connectivity index (χ3n) is 5.96. The number of likely N-dealkylation sites (N-methyl/N-ethyl adjacent to an activating group) is 1. The van der Waals surface area contributed by atoms with Crippen molar-refractivity contribution in [3.05, 3.63) is 65.7 Å². The summed E-state index contributed by atoms with van der Waals surface area (Å²) in [7, 11) is -3.69. The average Bonchev–Trinajstić information content (AvgIpc) is 2.82. The van der Waals surface area contributed by atoms with Gasteiger partial charge in [-0.3, -0.25) is 9.69 Å². The highest BCUT2D eigenvalue weighted by atomic mass is 32.2. The number of nitrogens with zero attached hydrogens (tertiary/aromatic N) is 2. The molecule has 0 spiro atoms. The van der Waals surface area contributed by atoms with Crippen LogP contribution in [0.3, 0.4) is 0 Å². The second-order valence-electron chi connectivity index (χ2n) is 7.82. The Kier molecular flexibility index (Phi) is 8.23. The Morgan fingerprint density at radius 2 is 1.58 bits per heavy atom. The van der Waals surface area contributed by atoms with Crippen molar-refractivity contribution in [1.29, 1.82) is 0 Å². The minimum atomic E-state index is -3.69. The van der Waals surface area contributed by atoms with E-state index in [1.807, 2.05) is 18.2 Å².